The summed E-state index contributed by atoms with van der Waals surface area (Å²) in [6.07, 6.45) is -0.782. The highest BCUT2D eigenvalue weighted by Crippen LogP contribution is 2.05. The van der Waals surface area contributed by atoms with Gasteiger partial charge >= 0.3 is 14.7 Å². The predicted molar refractivity (Wildman–Crippen MR) is 40.5 cm³/mol. The Labute approximate surface area is 66.5 Å². The first-order valence-corrected chi connectivity index (χ1v) is 3.79. The van der Waals surface area contributed by atoms with Crippen molar-refractivity contribution in [2.45, 2.75) is 20.1 Å². The van der Waals surface area contributed by atoms with Gasteiger partial charge in [0.25, 0.3) is 6.29 Å². The fourth-order valence-corrected chi connectivity index (χ4v) is 0.527. The van der Waals surface area contributed by atoms with Gasteiger partial charge in [-0.05, 0) is 11.5 Å². The molecule has 4 nitrogen and oxygen atoms in total. The average molecular weight is 177 g/mol. The van der Waals surface area contributed by atoms with Crippen LogP contribution in [0.5, 0.6) is 0 Å². The van der Waals surface area contributed by atoms with E-state index < -0.39 is 20.9 Å². The third-order valence-corrected chi connectivity index (χ3v) is 1.26. The van der Waals surface area contributed by atoms with Crippen LogP contribution in [0.1, 0.15) is 13.8 Å². The van der Waals surface area contributed by atoms with Gasteiger partial charge in [-0.15, -0.1) is 4.52 Å². The molecule has 0 N–H and O–H groups in total. The lowest BCUT2D eigenvalue weighted by atomic mass is 10.4. The van der Waals surface area contributed by atoms with Gasteiger partial charge in [0.15, 0.2) is 0 Å². The number of carbonyl (C=O) groups is 1. The van der Waals surface area contributed by atoms with E-state index in [9.17, 15) is 9.36 Å². The largest absolute Gasteiger partial charge is 0.498 e. The van der Waals surface area contributed by atoms with Crippen LogP contribution in [0.15, 0.2) is 12.2 Å². The zero-order valence-corrected chi connectivity index (χ0v) is 7.42. The standard InChI is InChI=1S/C6H10O4P/c1-4(2)6(7)9-5(3)10-11-8/h5,11H,1H2,2-3H3/q+1. The number of ether oxygens (including phenoxy) is 1. The minimum Gasteiger partial charge on any atom is -0.428 e. The van der Waals surface area contributed by atoms with Crippen LogP contribution in [-0.2, 0) is 18.6 Å². The van der Waals surface area contributed by atoms with Gasteiger partial charge < -0.3 is 4.74 Å². The molecular formula is C6H10O4P+. The summed E-state index contributed by atoms with van der Waals surface area (Å²) in [7, 11) is -0.926. The van der Waals surface area contributed by atoms with Crippen molar-refractivity contribution in [2.24, 2.45) is 0 Å². The van der Waals surface area contributed by atoms with Crippen LogP contribution < -0.4 is 0 Å². The first kappa shape index (κ1) is 10.3. The maximum atomic E-state index is 10.7. The van der Waals surface area contributed by atoms with E-state index >= 15 is 0 Å². The van der Waals surface area contributed by atoms with Gasteiger partial charge in [0.2, 0.25) is 0 Å². The molecule has 0 aromatic carbocycles. The molecule has 2 unspecified atom stereocenters. The number of carbonyl (C=O) groups excluding carboxylic acids is 1. The highest BCUT2D eigenvalue weighted by Gasteiger charge is 2.12. The van der Waals surface area contributed by atoms with E-state index in [2.05, 4.69) is 15.8 Å². The Kier molecular flexibility index (Phi) is 4.66. The van der Waals surface area contributed by atoms with Crippen molar-refractivity contribution in [3.8, 4) is 0 Å². The summed E-state index contributed by atoms with van der Waals surface area (Å²) in [5, 5.41) is 0. The molecule has 0 fully saturated rings. The second-order valence-electron chi connectivity index (χ2n) is 1.95. The summed E-state index contributed by atoms with van der Waals surface area (Å²) in [5.41, 5.74) is 0.287. The predicted octanol–water partition coefficient (Wildman–Crippen LogP) is 1.41. The highest BCUT2D eigenvalue weighted by atomic mass is 31.1. The van der Waals surface area contributed by atoms with Gasteiger partial charge in [-0.1, -0.05) is 6.58 Å². The highest BCUT2D eigenvalue weighted by molar-refractivity contribution is 7.17. The fourth-order valence-electron chi connectivity index (χ4n) is 0.343. The van der Waals surface area contributed by atoms with Crippen molar-refractivity contribution in [1.29, 1.82) is 0 Å². The quantitative estimate of drug-likeness (QED) is 0.282. The Morgan fingerprint density at radius 2 is 2.18 bits per heavy atom. The van der Waals surface area contributed by atoms with Crippen LogP contribution in [0.4, 0.5) is 0 Å². The Bertz CT molecular complexity index is 177. The third kappa shape index (κ3) is 4.65. The van der Waals surface area contributed by atoms with E-state index in [4.69, 9.17) is 0 Å². The maximum Gasteiger partial charge on any atom is 0.498 e. The van der Waals surface area contributed by atoms with Gasteiger partial charge in [0.1, 0.15) is 0 Å². The van der Waals surface area contributed by atoms with E-state index in [1.807, 2.05) is 0 Å². The minimum absolute atomic E-state index is 0.287. The van der Waals surface area contributed by atoms with Gasteiger partial charge in [-0.3, -0.25) is 0 Å². The molecule has 0 aliphatic heterocycles. The number of rotatable bonds is 4. The summed E-state index contributed by atoms with van der Waals surface area (Å²) < 4.78 is 18.9. The average Bonchev–Trinajstić information content (AvgIpc) is 1.87. The molecule has 0 aliphatic carbocycles. The summed E-state index contributed by atoms with van der Waals surface area (Å²) in [5.74, 6) is -0.546. The van der Waals surface area contributed by atoms with E-state index in [1.165, 1.54) is 13.8 Å². The number of esters is 1. The smallest absolute Gasteiger partial charge is 0.428 e. The second-order valence-corrected chi connectivity index (χ2v) is 2.36. The monoisotopic (exact) mass is 177 g/mol. The van der Waals surface area contributed by atoms with Crippen LogP contribution in [0, 0.1) is 0 Å². The zero-order chi connectivity index (χ0) is 8.85. The Morgan fingerprint density at radius 1 is 1.64 bits per heavy atom. The molecule has 0 heterocycles. The molecule has 5 heteroatoms. The van der Waals surface area contributed by atoms with Crippen LogP contribution in [0.25, 0.3) is 0 Å². The van der Waals surface area contributed by atoms with E-state index in [1.54, 1.807) is 0 Å². The van der Waals surface area contributed by atoms with E-state index in [0.717, 1.165) is 0 Å². The molecule has 0 spiro atoms. The van der Waals surface area contributed by atoms with Crippen LogP contribution in [0.3, 0.4) is 0 Å². The van der Waals surface area contributed by atoms with Crippen molar-refractivity contribution in [1.82, 2.24) is 0 Å². The molecule has 0 bridgehead atoms. The van der Waals surface area contributed by atoms with Gasteiger partial charge in [-0.25, -0.2) is 4.79 Å². The SMILES string of the molecule is C=C(C)C(=O)OC(C)O[PH+]=O. The molecule has 0 aromatic heterocycles. The molecule has 62 valence electrons. The van der Waals surface area contributed by atoms with E-state index in [-0.39, 0.29) is 5.57 Å². The van der Waals surface area contributed by atoms with Crippen LogP contribution >= 0.6 is 8.69 Å². The minimum atomic E-state index is -0.926. The molecule has 2 atom stereocenters. The zero-order valence-electron chi connectivity index (χ0n) is 6.42. The molecular weight excluding hydrogens is 167 g/mol. The molecule has 0 amide bonds. The van der Waals surface area contributed by atoms with Gasteiger partial charge in [0.05, 0.1) is 0 Å². The molecule has 0 saturated heterocycles. The van der Waals surface area contributed by atoms with Crippen molar-refractivity contribution in [3.05, 3.63) is 12.2 Å². The molecule has 0 aromatic rings. The van der Waals surface area contributed by atoms with Crippen molar-refractivity contribution in [3.63, 3.8) is 0 Å². The number of hydrogen-bond acceptors (Lipinski definition) is 4. The second kappa shape index (κ2) is 4.99. The van der Waals surface area contributed by atoms with Crippen molar-refractivity contribution in [2.75, 3.05) is 0 Å². The first-order valence-electron chi connectivity index (χ1n) is 2.97. The summed E-state index contributed by atoms with van der Waals surface area (Å²) in [4.78, 5) is 10.7. The molecule has 0 rings (SSSR count). The molecule has 0 aliphatic rings. The number of hydrogen-bond donors (Lipinski definition) is 0. The Hall–Kier alpha value is -0.730. The summed E-state index contributed by atoms with van der Waals surface area (Å²) in [6, 6.07) is 0. The van der Waals surface area contributed by atoms with Gasteiger partial charge in [0, 0.05) is 12.5 Å². The Morgan fingerprint density at radius 3 is 2.55 bits per heavy atom. The fraction of sp³-hybridized carbons (Fsp3) is 0.500. The van der Waals surface area contributed by atoms with Crippen LogP contribution in [-0.4, -0.2) is 12.3 Å². The third-order valence-electron chi connectivity index (χ3n) is 0.836. The lowest BCUT2D eigenvalue weighted by Crippen LogP contribution is -2.14. The van der Waals surface area contributed by atoms with Crippen LogP contribution in [0.2, 0.25) is 0 Å². The lowest BCUT2D eigenvalue weighted by molar-refractivity contribution is -0.155. The normalized spacial score (nSPS) is 12.5. The summed E-state index contributed by atoms with van der Waals surface area (Å²) >= 11 is 0. The lowest BCUT2D eigenvalue weighted by Gasteiger charge is -2.04. The molecule has 0 saturated carbocycles. The van der Waals surface area contributed by atoms with Crippen molar-refractivity contribution >= 4 is 14.7 Å². The van der Waals surface area contributed by atoms with E-state index in [0.29, 0.717) is 0 Å². The van der Waals surface area contributed by atoms with Gasteiger partial charge in [-0.2, -0.15) is 0 Å². The summed E-state index contributed by atoms with van der Waals surface area (Å²) in [6.45, 7) is 6.36. The Balaban J connectivity index is 3.74. The molecule has 0 radical (unpaired) electrons. The topological polar surface area (TPSA) is 52.6 Å². The first-order chi connectivity index (χ1) is 5.07. The maximum absolute atomic E-state index is 10.7. The van der Waals surface area contributed by atoms with Crippen molar-refractivity contribution < 1.29 is 18.6 Å². The molecule has 11 heavy (non-hydrogen) atoms.